The Balaban J connectivity index is 0.000000322. The summed E-state index contributed by atoms with van der Waals surface area (Å²) < 4.78 is 4.73. The van der Waals surface area contributed by atoms with Crippen molar-refractivity contribution in [1.29, 1.82) is 0 Å². The normalized spacial score (nSPS) is 18.6. The first kappa shape index (κ1) is 15.1. The van der Waals surface area contributed by atoms with Crippen LogP contribution in [0.4, 0.5) is 0 Å². The maximum Gasteiger partial charge on any atom is 0.0944 e. The molecule has 1 heterocycles. The van der Waals surface area contributed by atoms with E-state index in [9.17, 15) is 0 Å². The lowest BCUT2D eigenvalue weighted by Gasteiger charge is -2.14. The summed E-state index contributed by atoms with van der Waals surface area (Å²) in [5.41, 5.74) is 10.7. The van der Waals surface area contributed by atoms with Gasteiger partial charge in [0.15, 0.2) is 0 Å². The van der Waals surface area contributed by atoms with E-state index in [1.165, 1.54) is 0 Å². The van der Waals surface area contributed by atoms with E-state index in [1.807, 2.05) is 0 Å². The van der Waals surface area contributed by atoms with Crippen molar-refractivity contribution in [3.63, 3.8) is 0 Å². The molecule has 4 N–H and O–H groups in total. The number of epoxide rings is 1. The molecule has 1 saturated heterocycles. The molecule has 4 nitrogen and oxygen atoms in total. The topological polar surface area (TPSA) is 67.8 Å². The zero-order valence-corrected chi connectivity index (χ0v) is 10.4. The molecular formula is C10H24ClN3O. The summed E-state index contributed by atoms with van der Waals surface area (Å²) in [7, 11) is 2.10. The van der Waals surface area contributed by atoms with Crippen LogP contribution in [0.25, 0.3) is 0 Å². The molecule has 92 valence electrons. The molecule has 0 amide bonds. The number of hydrogen-bond donors (Lipinski definition) is 2. The summed E-state index contributed by atoms with van der Waals surface area (Å²) in [5.74, 6) is 0.667. The van der Waals surface area contributed by atoms with Gasteiger partial charge in [0.05, 0.1) is 18.6 Å². The van der Waals surface area contributed by atoms with Crippen molar-refractivity contribution < 1.29 is 4.74 Å². The molecule has 0 aromatic heterocycles. The molecule has 1 unspecified atom stereocenters. The second-order valence-corrected chi connectivity index (χ2v) is 4.01. The van der Waals surface area contributed by atoms with Crippen LogP contribution in [0.15, 0.2) is 0 Å². The maximum absolute atomic E-state index is 5.35. The third-order valence-corrected chi connectivity index (χ3v) is 2.41. The van der Waals surface area contributed by atoms with Gasteiger partial charge in [-0.2, -0.15) is 0 Å². The summed E-state index contributed by atoms with van der Waals surface area (Å²) in [6.07, 6.45) is 2.57. The number of ether oxygens (including phenoxy) is 1. The first-order valence-corrected chi connectivity index (χ1v) is 6.04. The fraction of sp³-hybridized carbons (Fsp3) is 1.00. The molecule has 1 aliphatic rings. The van der Waals surface area contributed by atoms with Crippen LogP contribution in [-0.4, -0.2) is 56.7 Å². The van der Waals surface area contributed by atoms with Crippen molar-refractivity contribution in [3.05, 3.63) is 0 Å². The average molecular weight is 238 g/mol. The van der Waals surface area contributed by atoms with Crippen LogP contribution >= 0.6 is 11.6 Å². The van der Waals surface area contributed by atoms with E-state index < -0.39 is 0 Å². The van der Waals surface area contributed by atoms with Gasteiger partial charge >= 0.3 is 0 Å². The Labute approximate surface area is 97.9 Å². The van der Waals surface area contributed by atoms with Gasteiger partial charge in [0, 0.05) is 0 Å². The van der Waals surface area contributed by atoms with Gasteiger partial charge in [0.1, 0.15) is 0 Å². The summed E-state index contributed by atoms with van der Waals surface area (Å²) in [5, 5.41) is 0. The van der Waals surface area contributed by atoms with Gasteiger partial charge in [-0.05, 0) is 46.1 Å². The van der Waals surface area contributed by atoms with E-state index in [4.69, 9.17) is 27.8 Å². The van der Waals surface area contributed by atoms with Crippen molar-refractivity contribution in [2.75, 3.05) is 45.7 Å². The molecule has 1 atom stereocenters. The third kappa shape index (κ3) is 12.1. The molecule has 1 aliphatic heterocycles. The fourth-order valence-electron chi connectivity index (χ4n) is 0.991. The summed E-state index contributed by atoms with van der Waals surface area (Å²) in [6.45, 7) is 4.64. The minimum atomic E-state index is 0.400. The fourth-order valence-corrected chi connectivity index (χ4v) is 1.17. The van der Waals surface area contributed by atoms with Gasteiger partial charge in [-0.1, -0.05) is 0 Å². The first-order valence-electron chi connectivity index (χ1n) is 5.50. The number of hydrogen-bond acceptors (Lipinski definition) is 4. The second kappa shape index (κ2) is 10.6. The lowest BCUT2D eigenvalue weighted by Crippen LogP contribution is -2.24. The first-order chi connectivity index (χ1) is 7.24. The highest BCUT2D eigenvalue weighted by Gasteiger charge is 2.19. The molecule has 0 bridgehead atoms. The number of nitrogens with two attached hydrogens (primary N) is 2. The van der Waals surface area contributed by atoms with Crippen LogP contribution in [-0.2, 0) is 4.74 Å². The highest BCUT2D eigenvalue weighted by molar-refractivity contribution is 6.18. The average Bonchev–Trinajstić information content (AvgIpc) is 3.07. The van der Waals surface area contributed by atoms with E-state index in [0.717, 1.165) is 45.6 Å². The van der Waals surface area contributed by atoms with Crippen LogP contribution in [0.3, 0.4) is 0 Å². The minimum absolute atomic E-state index is 0.400. The van der Waals surface area contributed by atoms with Gasteiger partial charge in [-0.3, -0.25) is 0 Å². The lowest BCUT2D eigenvalue weighted by atomic mass is 10.3. The van der Waals surface area contributed by atoms with Crippen molar-refractivity contribution >= 4 is 11.6 Å². The Morgan fingerprint density at radius 2 is 1.73 bits per heavy atom. The zero-order valence-electron chi connectivity index (χ0n) is 9.62. The van der Waals surface area contributed by atoms with Crippen LogP contribution < -0.4 is 11.5 Å². The monoisotopic (exact) mass is 237 g/mol. The van der Waals surface area contributed by atoms with Gasteiger partial charge in [-0.15, -0.1) is 11.6 Å². The zero-order chi connectivity index (χ0) is 11.5. The molecule has 1 rings (SSSR count). The second-order valence-electron chi connectivity index (χ2n) is 3.70. The van der Waals surface area contributed by atoms with Crippen LogP contribution in [0.2, 0.25) is 0 Å². The quantitative estimate of drug-likeness (QED) is 0.492. The van der Waals surface area contributed by atoms with Crippen molar-refractivity contribution in [2.45, 2.75) is 18.9 Å². The Hall–Kier alpha value is 0.130. The van der Waals surface area contributed by atoms with Crippen LogP contribution in [0.1, 0.15) is 12.8 Å². The molecule has 0 spiro atoms. The summed E-state index contributed by atoms with van der Waals surface area (Å²) >= 11 is 5.27. The van der Waals surface area contributed by atoms with E-state index in [1.54, 1.807) is 0 Å². The molecule has 0 aromatic carbocycles. The molecule has 15 heavy (non-hydrogen) atoms. The molecular weight excluding hydrogens is 214 g/mol. The Morgan fingerprint density at radius 1 is 1.27 bits per heavy atom. The van der Waals surface area contributed by atoms with Crippen molar-refractivity contribution in [1.82, 2.24) is 4.90 Å². The smallest absolute Gasteiger partial charge is 0.0944 e. The lowest BCUT2D eigenvalue weighted by molar-refractivity contribution is 0.329. The van der Waals surface area contributed by atoms with E-state index in [2.05, 4.69) is 11.9 Å². The molecule has 0 aliphatic carbocycles. The largest absolute Gasteiger partial charge is 0.372 e. The highest BCUT2D eigenvalue weighted by Crippen LogP contribution is 2.08. The Kier molecular flexibility index (Phi) is 10.7. The summed E-state index contributed by atoms with van der Waals surface area (Å²) in [4.78, 5) is 2.26. The van der Waals surface area contributed by atoms with E-state index in [0.29, 0.717) is 12.0 Å². The predicted octanol–water partition coefficient (Wildman–Crippen LogP) is 0.240. The number of nitrogens with zero attached hydrogens (tertiary/aromatic N) is 1. The predicted molar refractivity (Wildman–Crippen MR) is 65.3 cm³/mol. The molecule has 0 radical (unpaired) electrons. The van der Waals surface area contributed by atoms with E-state index in [-0.39, 0.29) is 0 Å². The van der Waals surface area contributed by atoms with Crippen LogP contribution in [0, 0.1) is 0 Å². The Bertz CT molecular complexity index is 126. The summed E-state index contributed by atoms with van der Waals surface area (Å²) in [6, 6.07) is 0. The van der Waals surface area contributed by atoms with Gasteiger partial charge < -0.3 is 21.1 Å². The van der Waals surface area contributed by atoms with E-state index >= 15 is 0 Å². The third-order valence-electron chi connectivity index (χ3n) is 2.06. The van der Waals surface area contributed by atoms with Gasteiger partial charge in [-0.25, -0.2) is 0 Å². The standard InChI is InChI=1S/C7H19N3.C3H5ClO/c1-10(6-2-4-8)7-3-5-9;4-1-3-2-5-3/h2-9H2,1H3;3H,1-2H2. The SMILES string of the molecule is CN(CCCN)CCCN.ClCC1CO1. The number of halogens is 1. The molecule has 0 saturated carbocycles. The van der Waals surface area contributed by atoms with Crippen molar-refractivity contribution in [2.24, 2.45) is 11.5 Å². The van der Waals surface area contributed by atoms with Gasteiger partial charge in [0.25, 0.3) is 0 Å². The maximum atomic E-state index is 5.35. The number of alkyl halides is 1. The number of rotatable bonds is 7. The molecule has 0 aromatic rings. The molecule has 5 heteroatoms. The van der Waals surface area contributed by atoms with Crippen molar-refractivity contribution in [3.8, 4) is 0 Å². The van der Waals surface area contributed by atoms with Gasteiger partial charge in [0.2, 0.25) is 0 Å². The minimum Gasteiger partial charge on any atom is -0.372 e. The van der Waals surface area contributed by atoms with Crippen LogP contribution in [0.5, 0.6) is 0 Å². The Morgan fingerprint density at radius 3 is 1.93 bits per heavy atom. The molecule has 1 fully saturated rings. The highest BCUT2D eigenvalue weighted by atomic mass is 35.5.